The zero-order valence-electron chi connectivity index (χ0n) is 13.6. The predicted molar refractivity (Wildman–Crippen MR) is 91.2 cm³/mol. The summed E-state index contributed by atoms with van der Waals surface area (Å²) in [6.45, 7) is 0.880. The third kappa shape index (κ3) is 4.54. The van der Waals surface area contributed by atoms with Crippen LogP contribution < -0.4 is 0 Å². The number of hydrogen-bond acceptors (Lipinski definition) is 5. The molecule has 1 aliphatic heterocycles. The molecule has 3 rings (SSSR count). The van der Waals surface area contributed by atoms with Gasteiger partial charge in [-0.15, -0.1) is 0 Å². The standard InChI is InChI=1S/C20H17NO4/c21-13-17(20(22)24-12-11-23-18-14-25-18)19(15-7-3-1-4-8-15)16-9-5-2-6-10-16/h1-10,18H,11-12,14H2. The Labute approximate surface area is 146 Å². The van der Waals surface area contributed by atoms with Crippen molar-refractivity contribution in [1.82, 2.24) is 0 Å². The van der Waals surface area contributed by atoms with Crippen LogP contribution in [-0.4, -0.2) is 32.1 Å². The maximum atomic E-state index is 12.4. The normalized spacial score (nSPS) is 15.1. The summed E-state index contributed by atoms with van der Waals surface area (Å²) in [4.78, 5) is 12.4. The second kappa shape index (κ2) is 8.25. The Balaban J connectivity index is 1.87. The first kappa shape index (κ1) is 16.9. The number of esters is 1. The molecule has 1 aliphatic rings. The molecule has 1 fully saturated rings. The van der Waals surface area contributed by atoms with Gasteiger partial charge in [0.15, 0.2) is 6.29 Å². The van der Waals surface area contributed by atoms with Crippen molar-refractivity contribution in [2.75, 3.05) is 19.8 Å². The largest absolute Gasteiger partial charge is 0.459 e. The quantitative estimate of drug-likeness (QED) is 0.256. The average molecular weight is 335 g/mol. The number of rotatable bonds is 7. The third-order valence-corrected chi connectivity index (χ3v) is 3.61. The van der Waals surface area contributed by atoms with Crippen LogP contribution in [0.15, 0.2) is 66.2 Å². The van der Waals surface area contributed by atoms with Crippen molar-refractivity contribution < 1.29 is 19.0 Å². The molecule has 0 amide bonds. The lowest BCUT2D eigenvalue weighted by Crippen LogP contribution is -2.14. The summed E-state index contributed by atoms with van der Waals surface area (Å²) < 4.78 is 15.4. The summed E-state index contributed by atoms with van der Waals surface area (Å²) in [5.41, 5.74) is 2.09. The van der Waals surface area contributed by atoms with Gasteiger partial charge in [-0.2, -0.15) is 5.26 Å². The number of epoxide rings is 1. The van der Waals surface area contributed by atoms with Crippen LogP contribution in [0.2, 0.25) is 0 Å². The van der Waals surface area contributed by atoms with Gasteiger partial charge in [-0.1, -0.05) is 60.7 Å². The molecule has 0 bridgehead atoms. The molecule has 0 aliphatic carbocycles. The summed E-state index contributed by atoms with van der Waals surface area (Å²) in [5.74, 6) is -0.662. The second-order valence-corrected chi connectivity index (χ2v) is 5.36. The van der Waals surface area contributed by atoms with Gasteiger partial charge in [0.1, 0.15) is 24.9 Å². The minimum atomic E-state index is -0.662. The number of carbonyl (C=O) groups is 1. The van der Waals surface area contributed by atoms with E-state index in [0.29, 0.717) is 12.2 Å². The van der Waals surface area contributed by atoms with Crippen LogP contribution in [0.5, 0.6) is 0 Å². The third-order valence-electron chi connectivity index (χ3n) is 3.61. The van der Waals surface area contributed by atoms with Gasteiger partial charge < -0.3 is 14.2 Å². The molecule has 25 heavy (non-hydrogen) atoms. The fraction of sp³-hybridized carbons (Fsp3) is 0.200. The van der Waals surface area contributed by atoms with Crippen LogP contribution in [0.1, 0.15) is 11.1 Å². The maximum Gasteiger partial charge on any atom is 0.349 e. The highest BCUT2D eigenvalue weighted by atomic mass is 16.8. The first-order valence-electron chi connectivity index (χ1n) is 7.95. The van der Waals surface area contributed by atoms with Crippen LogP contribution in [0, 0.1) is 11.3 Å². The fourth-order valence-electron chi connectivity index (χ4n) is 2.39. The van der Waals surface area contributed by atoms with Gasteiger partial charge in [0.2, 0.25) is 0 Å². The van der Waals surface area contributed by atoms with Gasteiger partial charge >= 0.3 is 5.97 Å². The van der Waals surface area contributed by atoms with E-state index in [1.165, 1.54) is 0 Å². The summed E-state index contributed by atoms with van der Waals surface area (Å²) in [6.07, 6.45) is -0.186. The van der Waals surface area contributed by atoms with Crippen LogP contribution in [-0.2, 0) is 19.0 Å². The number of ether oxygens (including phenoxy) is 3. The summed E-state index contributed by atoms with van der Waals surface area (Å²) in [6, 6.07) is 20.7. The lowest BCUT2D eigenvalue weighted by molar-refractivity contribution is -0.140. The van der Waals surface area contributed by atoms with Crippen molar-refractivity contribution in [1.29, 1.82) is 5.26 Å². The highest BCUT2D eigenvalue weighted by Gasteiger charge is 2.23. The van der Waals surface area contributed by atoms with E-state index in [2.05, 4.69) is 0 Å². The number of nitrogens with zero attached hydrogens (tertiary/aromatic N) is 1. The van der Waals surface area contributed by atoms with E-state index in [1.807, 2.05) is 66.7 Å². The summed E-state index contributed by atoms with van der Waals surface area (Å²) in [7, 11) is 0. The average Bonchev–Trinajstić information content (AvgIpc) is 3.49. The highest BCUT2D eigenvalue weighted by Crippen LogP contribution is 2.27. The van der Waals surface area contributed by atoms with E-state index in [-0.39, 0.29) is 25.1 Å². The molecule has 0 spiro atoms. The highest BCUT2D eigenvalue weighted by molar-refractivity contribution is 6.05. The second-order valence-electron chi connectivity index (χ2n) is 5.36. The van der Waals surface area contributed by atoms with Gasteiger partial charge in [-0.3, -0.25) is 0 Å². The van der Waals surface area contributed by atoms with E-state index >= 15 is 0 Å². The molecule has 0 radical (unpaired) electrons. The molecule has 5 nitrogen and oxygen atoms in total. The van der Waals surface area contributed by atoms with Crippen molar-refractivity contribution in [3.05, 3.63) is 77.4 Å². The predicted octanol–water partition coefficient (Wildman–Crippen LogP) is 2.93. The Bertz CT molecular complexity index is 748. The monoisotopic (exact) mass is 335 g/mol. The van der Waals surface area contributed by atoms with Crippen LogP contribution >= 0.6 is 0 Å². The van der Waals surface area contributed by atoms with Gasteiger partial charge in [-0.25, -0.2) is 4.79 Å². The van der Waals surface area contributed by atoms with Crippen LogP contribution in [0.25, 0.3) is 5.57 Å². The van der Waals surface area contributed by atoms with E-state index in [0.717, 1.165) is 11.1 Å². The topological polar surface area (TPSA) is 71.9 Å². The van der Waals surface area contributed by atoms with Gasteiger partial charge in [0, 0.05) is 5.57 Å². The molecule has 1 unspecified atom stereocenters. The molecular weight excluding hydrogens is 318 g/mol. The SMILES string of the molecule is N#CC(C(=O)OCCOC1CO1)=C(c1ccccc1)c1ccccc1. The number of hydrogen-bond donors (Lipinski definition) is 0. The molecule has 1 saturated heterocycles. The van der Waals surface area contributed by atoms with E-state index in [1.54, 1.807) is 0 Å². The molecule has 0 aromatic heterocycles. The Kier molecular flexibility index (Phi) is 5.57. The number of carbonyl (C=O) groups excluding carboxylic acids is 1. The van der Waals surface area contributed by atoms with Crippen molar-refractivity contribution in [3.8, 4) is 6.07 Å². The zero-order valence-corrected chi connectivity index (χ0v) is 13.6. The molecule has 1 atom stereocenters. The number of nitriles is 1. The molecule has 126 valence electrons. The van der Waals surface area contributed by atoms with Crippen LogP contribution in [0.3, 0.4) is 0 Å². The molecule has 5 heteroatoms. The minimum Gasteiger partial charge on any atom is -0.459 e. The van der Waals surface area contributed by atoms with Crippen LogP contribution in [0.4, 0.5) is 0 Å². The fourth-order valence-corrected chi connectivity index (χ4v) is 2.39. The Morgan fingerprint density at radius 1 is 1.04 bits per heavy atom. The zero-order chi connectivity index (χ0) is 17.5. The molecule has 1 heterocycles. The Morgan fingerprint density at radius 2 is 1.60 bits per heavy atom. The van der Waals surface area contributed by atoms with E-state index < -0.39 is 5.97 Å². The Morgan fingerprint density at radius 3 is 2.08 bits per heavy atom. The summed E-state index contributed by atoms with van der Waals surface area (Å²) in [5, 5.41) is 9.58. The lowest BCUT2D eigenvalue weighted by Gasteiger charge is -2.11. The number of benzene rings is 2. The smallest absolute Gasteiger partial charge is 0.349 e. The van der Waals surface area contributed by atoms with Gasteiger partial charge in [0.25, 0.3) is 0 Å². The van der Waals surface area contributed by atoms with Crippen molar-refractivity contribution in [3.63, 3.8) is 0 Å². The molecular formula is C20H17NO4. The molecule has 2 aromatic carbocycles. The summed E-state index contributed by atoms with van der Waals surface area (Å²) >= 11 is 0. The van der Waals surface area contributed by atoms with Gasteiger partial charge in [-0.05, 0) is 11.1 Å². The molecule has 0 N–H and O–H groups in total. The first-order valence-corrected chi connectivity index (χ1v) is 7.95. The van der Waals surface area contributed by atoms with Crippen molar-refractivity contribution in [2.24, 2.45) is 0 Å². The maximum absolute atomic E-state index is 12.4. The first-order chi connectivity index (χ1) is 12.3. The Hall–Kier alpha value is -2.94. The van der Waals surface area contributed by atoms with Gasteiger partial charge in [0.05, 0.1) is 6.61 Å². The van der Waals surface area contributed by atoms with E-state index in [9.17, 15) is 10.1 Å². The molecule has 0 saturated carbocycles. The molecule has 2 aromatic rings. The minimum absolute atomic E-state index is 0.0277. The van der Waals surface area contributed by atoms with Crippen molar-refractivity contribution in [2.45, 2.75) is 6.29 Å². The van der Waals surface area contributed by atoms with Crippen molar-refractivity contribution >= 4 is 11.5 Å². The van der Waals surface area contributed by atoms with E-state index in [4.69, 9.17) is 14.2 Å². The lowest BCUT2D eigenvalue weighted by atomic mass is 9.93.